The number of carbonyl (C=O) groups excluding carboxylic acids is 2. The average molecular weight is 597 g/mol. The van der Waals surface area contributed by atoms with Crippen LogP contribution < -0.4 is 11.1 Å². The molecule has 2 aromatic heterocycles. The van der Waals surface area contributed by atoms with Crippen LogP contribution in [0.25, 0.3) is 33.2 Å². The summed E-state index contributed by atoms with van der Waals surface area (Å²) in [4.78, 5) is 30.9. The molecule has 2 atom stereocenters. The van der Waals surface area contributed by atoms with E-state index in [2.05, 4.69) is 10.3 Å². The Bertz CT molecular complexity index is 1900. The molecule has 44 heavy (non-hydrogen) atoms. The van der Waals surface area contributed by atoms with E-state index in [-0.39, 0.29) is 48.5 Å². The van der Waals surface area contributed by atoms with E-state index in [1.165, 1.54) is 29.2 Å². The zero-order valence-electron chi connectivity index (χ0n) is 23.4. The van der Waals surface area contributed by atoms with Crippen LogP contribution in [0.2, 0.25) is 0 Å². The number of likely N-dealkylation sites (tertiary alicyclic amines) is 1. The number of fused-ring (bicyclic) bond motifs is 1. The number of hydrogen-bond donors (Lipinski definition) is 2. The fourth-order valence-corrected chi connectivity index (χ4v) is 5.74. The number of carbonyl (C=O) groups is 2. The van der Waals surface area contributed by atoms with E-state index in [4.69, 9.17) is 10.2 Å². The number of aromatic nitrogens is 1. The minimum absolute atomic E-state index is 0.00444. The minimum atomic E-state index is -1.05. The summed E-state index contributed by atoms with van der Waals surface area (Å²) in [5, 5.41) is 3.61. The van der Waals surface area contributed by atoms with Crippen LogP contribution in [-0.2, 0) is 11.3 Å². The summed E-state index contributed by atoms with van der Waals surface area (Å²) in [6.45, 7) is 0.158. The van der Waals surface area contributed by atoms with Gasteiger partial charge in [0.2, 0.25) is 5.91 Å². The molecular weight excluding hydrogens is 569 g/mol. The average Bonchev–Trinajstić information content (AvgIpc) is 3.70. The third-order valence-corrected chi connectivity index (χ3v) is 8.28. The highest BCUT2D eigenvalue weighted by atomic mass is 19.1. The monoisotopic (exact) mass is 596 g/mol. The molecule has 1 saturated carbocycles. The highest BCUT2D eigenvalue weighted by Gasteiger charge is 2.44. The third-order valence-electron chi connectivity index (χ3n) is 8.28. The van der Waals surface area contributed by atoms with Crippen molar-refractivity contribution in [1.82, 2.24) is 15.2 Å². The molecule has 2 aliphatic rings. The van der Waals surface area contributed by atoms with Crippen molar-refractivity contribution < 1.29 is 27.2 Å². The number of nitrogens with one attached hydrogen (secondary N) is 1. The van der Waals surface area contributed by atoms with Gasteiger partial charge in [0.1, 0.15) is 35.0 Å². The zero-order chi connectivity index (χ0) is 30.5. The van der Waals surface area contributed by atoms with Crippen molar-refractivity contribution in [3.05, 3.63) is 108 Å². The van der Waals surface area contributed by atoms with Gasteiger partial charge in [-0.3, -0.25) is 9.59 Å². The van der Waals surface area contributed by atoms with Crippen LogP contribution in [0.4, 0.5) is 19.0 Å². The Morgan fingerprint density at radius 2 is 1.75 bits per heavy atom. The maximum Gasteiger partial charge on any atom is 0.254 e. The quantitative estimate of drug-likeness (QED) is 0.232. The Kier molecular flexibility index (Phi) is 6.84. The van der Waals surface area contributed by atoms with Gasteiger partial charge in [0.15, 0.2) is 0 Å². The number of halogens is 3. The second kappa shape index (κ2) is 10.9. The van der Waals surface area contributed by atoms with Crippen molar-refractivity contribution in [3.8, 4) is 22.3 Å². The number of anilines is 1. The second-order valence-electron chi connectivity index (χ2n) is 11.3. The first-order chi connectivity index (χ1) is 21.2. The van der Waals surface area contributed by atoms with Gasteiger partial charge < -0.3 is 20.4 Å². The summed E-state index contributed by atoms with van der Waals surface area (Å²) < 4.78 is 48.6. The molecule has 10 heteroatoms. The van der Waals surface area contributed by atoms with E-state index < -0.39 is 23.7 Å². The van der Waals surface area contributed by atoms with E-state index >= 15 is 4.39 Å². The number of nitrogens with two attached hydrogens (primary N) is 1. The lowest BCUT2D eigenvalue weighted by molar-refractivity contribution is -0.122. The van der Waals surface area contributed by atoms with Gasteiger partial charge in [-0.25, -0.2) is 18.2 Å². The molecule has 3 aromatic carbocycles. The molecule has 0 bridgehead atoms. The molecule has 222 valence electrons. The first-order valence-corrected chi connectivity index (χ1v) is 14.3. The van der Waals surface area contributed by atoms with Gasteiger partial charge >= 0.3 is 0 Å². The topological polar surface area (TPSA) is 101 Å². The largest absolute Gasteiger partial charge is 0.459 e. The van der Waals surface area contributed by atoms with Crippen molar-refractivity contribution in [1.29, 1.82) is 0 Å². The van der Waals surface area contributed by atoms with Gasteiger partial charge in [-0.15, -0.1) is 0 Å². The molecule has 0 spiro atoms. The maximum atomic E-state index is 15.4. The van der Waals surface area contributed by atoms with Crippen molar-refractivity contribution in [3.63, 3.8) is 0 Å². The van der Waals surface area contributed by atoms with Gasteiger partial charge in [0, 0.05) is 34.2 Å². The number of rotatable bonds is 7. The van der Waals surface area contributed by atoms with Gasteiger partial charge in [-0.1, -0.05) is 24.3 Å². The molecule has 3 heterocycles. The van der Waals surface area contributed by atoms with Gasteiger partial charge in [0.05, 0.1) is 19.6 Å². The van der Waals surface area contributed by atoms with Crippen molar-refractivity contribution >= 4 is 28.6 Å². The molecule has 5 aromatic rings. The van der Waals surface area contributed by atoms with Crippen LogP contribution in [0.3, 0.4) is 0 Å². The molecule has 7 nitrogen and oxygen atoms in total. The normalized spacial score (nSPS) is 17.8. The molecule has 2 fully saturated rings. The highest BCUT2D eigenvalue weighted by molar-refractivity contribution is 5.98. The van der Waals surface area contributed by atoms with Crippen LogP contribution in [-0.4, -0.2) is 41.0 Å². The summed E-state index contributed by atoms with van der Waals surface area (Å²) in [5.41, 5.74) is 9.34. The van der Waals surface area contributed by atoms with E-state index in [0.717, 1.165) is 18.1 Å². The fourth-order valence-electron chi connectivity index (χ4n) is 5.74. The number of pyridine rings is 1. The number of nitrogen functional groups attached to an aromatic ring is 1. The highest BCUT2D eigenvalue weighted by Crippen LogP contribution is 2.47. The van der Waals surface area contributed by atoms with E-state index in [0.29, 0.717) is 39.2 Å². The number of alkyl halides is 1. The number of hydrogen-bond acceptors (Lipinski definition) is 5. The standard InChI is InChI=1S/C34H27F3N4O3/c35-23-5-1-18(2-6-23)28-11-21(26-7-3-19(12-30(26)37)34(43)41-16-24(36)17-41)9-22-10-25(44-32(22)28)15-40-33(42)29-13-27(29)20-4-8-31(38)39-14-20/h1-12,14,24,27,29H,13,15-17H2,(H2,38,39)(H,40,42)/t27-,29+/m1/s1. The van der Waals surface area contributed by atoms with Crippen LogP contribution in [0, 0.1) is 17.6 Å². The molecule has 3 N–H and O–H groups in total. The first kappa shape index (κ1) is 27.7. The summed E-state index contributed by atoms with van der Waals surface area (Å²) in [5.74, 6) is -0.661. The Morgan fingerprint density at radius 1 is 0.955 bits per heavy atom. The predicted molar refractivity (Wildman–Crippen MR) is 159 cm³/mol. The Hall–Kier alpha value is -5.12. The summed E-state index contributed by atoms with van der Waals surface area (Å²) in [6.07, 6.45) is 1.37. The molecule has 1 saturated heterocycles. The zero-order valence-corrected chi connectivity index (χ0v) is 23.4. The second-order valence-corrected chi connectivity index (χ2v) is 11.3. The Labute approximate surface area is 250 Å². The van der Waals surface area contributed by atoms with E-state index in [1.54, 1.807) is 42.6 Å². The molecule has 1 aliphatic carbocycles. The third kappa shape index (κ3) is 5.27. The predicted octanol–water partition coefficient (Wildman–Crippen LogP) is 6.24. The number of benzene rings is 3. The Morgan fingerprint density at radius 3 is 2.45 bits per heavy atom. The van der Waals surface area contributed by atoms with E-state index in [9.17, 15) is 18.4 Å². The Balaban J connectivity index is 1.16. The molecule has 0 radical (unpaired) electrons. The maximum absolute atomic E-state index is 15.4. The summed E-state index contributed by atoms with van der Waals surface area (Å²) >= 11 is 0. The van der Waals surface area contributed by atoms with Crippen LogP contribution in [0.5, 0.6) is 0 Å². The van der Waals surface area contributed by atoms with Crippen LogP contribution in [0.1, 0.15) is 34.0 Å². The first-order valence-electron chi connectivity index (χ1n) is 14.3. The van der Waals surface area contributed by atoms with Crippen molar-refractivity contribution in [2.45, 2.75) is 25.1 Å². The summed E-state index contributed by atoms with van der Waals surface area (Å²) in [6, 6.07) is 19.0. The van der Waals surface area contributed by atoms with Crippen molar-refractivity contribution in [2.24, 2.45) is 5.92 Å². The molecule has 7 rings (SSSR count). The molecule has 0 unspecified atom stereocenters. The number of furan rings is 1. The molecule has 2 amide bonds. The molecule has 1 aliphatic heterocycles. The summed E-state index contributed by atoms with van der Waals surface area (Å²) in [7, 11) is 0. The fraction of sp³-hybridized carbons (Fsp3) is 0.206. The lowest BCUT2D eigenvalue weighted by Gasteiger charge is -2.34. The smallest absolute Gasteiger partial charge is 0.254 e. The lowest BCUT2D eigenvalue weighted by Crippen LogP contribution is -2.51. The van der Waals surface area contributed by atoms with Gasteiger partial charge in [-0.2, -0.15) is 0 Å². The SMILES string of the molecule is Nc1ccc([C@H]2C[C@@H]2C(=O)NCc2cc3cc(-c4ccc(C(=O)N5CC(F)C5)cc4F)cc(-c4ccc(F)cc4)c3o2)cn1. The molecular formula is C34H27F3N4O3. The lowest BCUT2D eigenvalue weighted by atomic mass is 9.95. The number of nitrogens with zero attached hydrogens (tertiary/aromatic N) is 2. The van der Waals surface area contributed by atoms with Crippen LogP contribution >= 0.6 is 0 Å². The van der Waals surface area contributed by atoms with Gasteiger partial charge in [-0.05, 0) is 77.6 Å². The van der Waals surface area contributed by atoms with E-state index in [1.807, 2.05) is 6.07 Å². The van der Waals surface area contributed by atoms with Crippen LogP contribution in [0.15, 0.2) is 83.4 Å². The van der Waals surface area contributed by atoms with Crippen molar-refractivity contribution in [2.75, 3.05) is 18.8 Å². The minimum Gasteiger partial charge on any atom is -0.459 e. The number of amides is 2. The van der Waals surface area contributed by atoms with Gasteiger partial charge in [0.25, 0.3) is 5.91 Å².